The highest BCUT2D eigenvalue weighted by Gasteiger charge is 2.13. The van der Waals surface area contributed by atoms with Crippen LogP contribution in [0.15, 0.2) is 28.8 Å². The number of rotatable bonds is 5. The molecule has 2 amide bonds. The number of hydrogen-bond acceptors (Lipinski definition) is 4. The normalized spacial score (nSPS) is 12.7. The molecule has 0 aliphatic heterocycles. The van der Waals surface area contributed by atoms with Gasteiger partial charge in [0.1, 0.15) is 11.3 Å². The topological polar surface area (TPSA) is 98.1 Å². The van der Waals surface area contributed by atoms with Crippen LogP contribution in [0.3, 0.4) is 0 Å². The zero-order valence-corrected chi connectivity index (χ0v) is 13.3. The molecule has 122 valence electrons. The Hall–Kier alpha value is -2.54. The third kappa shape index (κ3) is 3.14. The van der Waals surface area contributed by atoms with Crippen molar-refractivity contribution < 1.29 is 9.21 Å². The van der Waals surface area contributed by atoms with E-state index in [1.54, 1.807) is 0 Å². The highest BCUT2D eigenvalue weighted by Crippen LogP contribution is 2.28. The summed E-state index contributed by atoms with van der Waals surface area (Å²) >= 11 is 0. The lowest BCUT2D eigenvalue weighted by atomic mass is 10.2. The number of fused-ring (bicyclic) bond motifs is 3. The van der Waals surface area contributed by atoms with E-state index in [1.807, 2.05) is 42.9 Å². The summed E-state index contributed by atoms with van der Waals surface area (Å²) in [7, 11) is 0. The van der Waals surface area contributed by atoms with Gasteiger partial charge in [-0.1, -0.05) is 0 Å². The molecule has 0 spiro atoms. The zero-order valence-electron chi connectivity index (χ0n) is 13.3. The van der Waals surface area contributed by atoms with E-state index >= 15 is 0 Å². The Balaban J connectivity index is 1.93. The first-order valence-corrected chi connectivity index (χ1v) is 7.72. The largest absolute Gasteiger partial charge is 0.459 e. The van der Waals surface area contributed by atoms with E-state index in [0.29, 0.717) is 25.4 Å². The molecule has 23 heavy (non-hydrogen) atoms. The molecule has 0 bridgehead atoms. The van der Waals surface area contributed by atoms with Gasteiger partial charge in [0, 0.05) is 23.4 Å². The minimum atomic E-state index is -0.208. The van der Waals surface area contributed by atoms with E-state index < -0.39 is 0 Å². The standard InChI is InChI=1S/C16H21N5O2/c1-3-18-16(22)19-8-12-6-13-14(23-12)5-4-11-7-20-21(15(11)13)9-10(2)17/h4-7,10H,3,8-9,17H2,1-2H3,(H2,18,19,22)/t10-/m0/s1. The Morgan fingerprint density at radius 3 is 3.00 bits per heavy atom. The van der Waals surface area contributed by atoms with Gasteiger partial charge in [-0.2, -0.15) is 5.10 Å². The Morgan fingerprint density at radius 1 is 1.43 bits per heavy atom. The molecule has 3 rings (SSSR count). The summed E-state index contributed by atoms with van der Waals surface area (Å²) in [6, 6.07) is 5.65. The molecule has 4 N–H and O–H groups in total. The van der Waals surface area contributed by atoms with Gasteiger partial charge in [0.25, 0.3) is 0 Å². The third-order valence-corrected chi connectivity index (χ3v) is 3.57. The highest BCUT2D eigenvalue weighted by atomic mass is 16.3. The van der Waals surface area contributed by atoms with Crippen LogP contribution < -0.4 is 16.4 Å². The van der Waals surface area contributed by atoms with E-state index in [0.717, 1.165) is 21.9 Å². The van der Waals surface area contributed by atoms with Crippen LogP contribution in [0.4, 0.5) is 4.79 Å². The molecule has 7 nitrogen and oxygen atoms in total. The molecule has 0 radical (unpaired) electrons. The summed E-state index contributed by atoms with van der Waals surface area (Å²) in [6.07, 6.45) is 1.83. The summed E-state index contributed by atoms with van der Waals surface area (Å²) in [6.45, 7) is 5.38. The maximum Gasteiger partial charge on any atom is 0.315 e. The van der Waals surface area contributed by atoms with Gasteiger partial charge in [0.05, 0.1) is 24.8 Å². The van der Waals surface area contributed by atoms with E-state index in [9.17, 15) is 4.79 Å². The zero-order chi connectivity index (χ0) is 16.4. The SMILES string of the molecule is CCNC(=O)NCc1cc2c(ccc3cnn(C[C@H](C)N)c32)o1. The van der Waals surface area contributed by atoms with Gasteiger partial charge in [-0.3, -0.25) is 4.68 Å². The summed E-state index contributed by atoms with van der Waals surface area (Å²) in [4.78, 5) is 11.5. The molecule has 3 aromatic rings. The lowest BCUT2D eigenvalue weighted by Crippen LogP contribution is -2.34. The smallest absolute Gasteiger partial charge is 0.315 e. The fourth-order valence-corrected chi connectivity index (χ4v) is 2.64. The number of amides is 2. The van der Waals surface area contributed by atoms with Crippen LogP contribution >= 0.6 is 0 Å². The highest BCUT2D eigenvalue weighted by molar-refractivity contribution is 6.03. The van der Waals surface area contributed by atoms with Gasteiger partial charge < -0.3 is 20.8 Å². The van der Waals surface area contributed by atoms with Crippen molar-refractivity contribution in [3.05, 3.63) is 30.2 Å². The first kappa shape index (κ1) is 15.4. The number of nitrogens with two attached hydrogens (primary N) is 1. The van der Waals surface area contributed by atoms with Crippen molar-refractivity contribution in [3.63, 3.8) is 0 Å². The van der Waals surface area contributed by atoms with Crippen LogP contribution in [0.1, 0.15) is 19.6 Å². The lowest BCUT2D eigenvalue weighted by molar-refractivity contribution is 0.240. The molecule has 1 atom stereocenters. The molecule has 7 heteroatoms. The second kappa shape index (κ2) is 6.29. The van der Waals surface area contributed by atoms with E-state index in [4.69, 9.17) is 10.2 Å². The van der Waals surface area contributed by atoms with E-state index in [1.165, 1.54) is 0 Å². The molecular weight excluding hydrogens is 294 g/mol. The quantitative estimate of drug-likeness (QED) is 0.670. The number of nitrogens with one attached hydrogen (secondary N) is 2. The molecule has 2 heterocycles. The number of aromatic nitrogens is 2. The Bertz CT molecular complexity index is 834. The number of furan rings is 1. The monoisotopic (exact) mass is 315 g/mol. The second-order valence-electron chi connectivity index (χ2n) is 5.64. The number of nitrogens with zero attached hydrogens (tertiary/aromatic N) is 2. The Morgan fingerprint density at radius 2 is 2.26 bits per heavy atom. The fraction of sp³-hybridized carbons (Fsp3) is 0.375. The molecular formula is C16H21N5O2. The maximum absolute atomic E-state index is 11.5. The van der Waals surface area contributed by atoms with Crippen LogP contribution in [0, 0.1) is 0 Å². The van der Waals surface area contributed by atoms with Gasteiger partial charge >= 0.3 is 6.03 Å². The minimum Gasteiger partial charge on any atom is -0.459 e. The predicted octanol–water partition coefficient (Wildman–Crippen LogP) is 1.95. The molecule has 0 unspecified atom stereocenters. The third-order valence-electron chi connectivity index (χ3n) is 3.57. The molecule has 1 aromatic carbocycles. The van der Waals surface area contributed by atoms with Crippen molar-refractivity contribution >= 4 is 27.9 Å². The summed E-state index contributed by atoms with van der Waals surface area (Å²) in [5.41, 5.74) is 7.68. The van der Waals surface area contributed by atoms with Crippen molar-refractivity contribution in [1.29, 1.82) is 0 Å². The minimum absolute atomic E-state index is 0.0131. The number of urea groups is 1. The summed E-state index contributed by atoms with van der Waals surface area (Å²) in [5.74, 6) is 0.701. The van der Waals surface area contributed by atoms with Crippen molar-refractivity contribution in [2.24, 2.45) is 5.73 Å². The Kier molecular flexibility index (Phi) is 4.20. The van der Waals surface area contributed by atoms with Crippen molar-refractivity contribution in [2.75, 3.05) is 6.54 Å². The molecule has 0 fully saturated rings. The summed E-state index contributed by atoms with van der Waals surface area (Å²) < 4.78 is 7.72. The van der Waals surface area contributed by atoms with Crippen LogP contribution in [-0.2, 0) is 13.1 Å². The number of carbonyl (C=O) groups is 1. The first-order valence-electron chi connectivity index (χ1n) is 7.72. The predicted molar refractivity (Wildman–Crippen MR) is 89.1 cm³/mol. The van der Waals surface area contributed by atoms with Crippen LogP contribution in [0.5, 0.6) is 0 Å². The van der Waals surface area contributed by atoms with Gasteiger partial charge in [-0.25, -0.2) is 4.79 Å². The van der Waals surface area contributed by atoms with Crippen molar-refractivity contribution in [1.82, 2.24) is 20.4 Å². The van der Waals surface area contributed by atoms with Gasteiger partial charge in [-0.15, -0.1) is 0 Å². The first-order chi connectivity index (χ1) is 11.1. The van der Waals surface area contributed by atoms with Crippen LogP contribution in [0.25, 0.3) is 21.9 Å². The lowest BCUT2D eigenvalue weighted by Gasteiger charge is -2.06. The van der Waals surface area contributed by atoms with Gasteiger partial charge in [0.2, 0.25) is 0 Å². The van der Waals surface area contributed by atoms with E-state index in [2.05, 4.69) is 15.7 Å². The van der Waals surface area contributed by atoms with Crippen molar-refractivity contribution in [3.8, 4) is 0 Å². The molecule has 0 saturated heterocycles. The molecule has 0 aliphatic rings. The number of benzene rings is 1. The van der Waals surface area contributed by atoms with Crippen LogP contribution in [0.2, 0.25) is 0 Å². The fourth-order valence-electron chi connectivity index (χ4n) is 2.64. The average molecular weight is 315 g/mol. The van der Waals surface area contributed by atoms with Gasteiger partial charge in [0.15, 0.2) is 0 Å². The number of carbonyl (C=O) groups excluding carboxylic acids is 1. The summed E-state index contributed by atoms with van der Waals surface area (Å²) in [5, 5.41) is 11.9. The van der Waals surface area contributed by atoms with Crippen LogP contribution in [-0.4, -0.2) is 28.4 Å². The molecule has 0 saturated carbocycles. The molecule has 2 aromatic heterocycles. The van der Waals surface area contributed by atoms with Crippen molar-refractivity contribution in [2.45, 2.75) is 33.0 Å². The molecule has 0 aliphatic carbocycles. The second-order valence-corrected chi connectivity index (χ2v) is 5.64. The average Bonchev–Trinajstić information content (AvgIpc) is 3.08. The van der Waals surface area contributed by atoms with Gasteiger partial charge in [-0.05, 0) is 32.0 Å². The maximum atomic E-state index is 11.5. The van der Waals surface area contributed by atoms with E-state index in [-0.39, 0.29) is 12.1 Å². The number of hydrogen-bond donors (Lipinski definition) is 3. The Labute approximate surface area is 133 Å².